The molecule has 0 saturated carbocycles. The summed E-state index contributed by atoms with van der Waals surface area (Å²) < 4.78 is 0. The number of ketones is 2. The first-order valence-electron chi connectivity index (χ1n) is 5.75. The van der Waals surface area contributed by atoms with Crippen molar-refractivity contribution < 1.29 is 24.3 Å². The van der Waals surface area contributed by atoms with Crippen molar-refractivity contribution in [3.05, 3.63) is 29.8 Å². The van der Waals surface area contributed by atoms with Crippen LogP contribution in [0.25, 0.3) is 0 Å². The standard InChI is InChI=1S/C13H14N2O5/c1-7(16)12(18)15-10(13(19)20)6-11(17)8-4-2-3-5-9(8)14/h2-5,10H,6,14H2,1H3,(H,15,18)(H,19,20)/t10-/m0/s1. The Morgan fingerprint density at radius 3 is 2.35 bits per heavy atom. The maximum Gasteiger partial charge on any atom is 0.326 e. The highest BCUT2D eigenvalue weighted by Crippen LogP contribution is 2.14. The lowest BCUT2D eigenvalue weighted by Crippen LogP contribution is -2.44. The molecular formula is C13H14N2O5. The quantitative estimate of drug-likeness (QED) is 0.382. The summed E-state index contributed by atoms with van der Waals surface area (Å²) in [6.07, 6.45) is -0.484. The molecule has 0 aliphatic heterocycles. The van der Waals surface area contributed by atoms with Crippen LogP contribution in [0, 0.1) is 0 Å². The van der Waals surface area contributed by atoms with Crippen LogP contribution >= 0.6 is 0 Å². The van der Waals surface area contributed by atoms with Gasteiger partial charge < -0.3 is 16.2 Å². The van der Waals surface area contributed by atoms with Gasteiger partial charge in [-0.1, -0.05) is 12.1 Å². The molecule has 0 saturated heterocycles. The highest BCUT2D eigenvalue weighted by Gasteiger charge is 2.25. The number of aliphatic carboxylic acids is 1. The Morgan fingerprint density at radius 2 is 1.85 bits per heavy atom. The minimum atomic E-state index is -1.47. The molecule has 0 bridgehead atoms. The van der Waals surface area contributed by atoms with Crippen LogP contribution in [0.3, 0.4) is 0 Å². The van der Waals surface area contributed by atoms with Crippen molar-refractivity contribution in [3.8, 4) is 0 Å². The number of carbonyl (C=O) groups excluding carboxylic acids is 3. The molecule has 0 aromatic heterocycles. The summed E-state index contributed by atoms with van der Waals surface area (Å²) >= 11 is 0. The van der Waals surface area contributed by atoms with Crippen LogP contribution in [0.1, 0.15) is 23.7 Å². The lowest BCUT2D eigenvalue weighted by Gasteiger charge is -2.13. The molecule has 7 nitrogen and oxygen atoms in total. The summed E-state index contributed by atoms with van der Waals surface area (Å²) in [5.41, 5.74) is 6.01. The Kier molecular flexibility index (Phi) is 4.96. The second-order valence-electron chi connectivity index (χ2n) is 4.14. The zero-order chi connectivity index (χ0) is 15.3. The number of Topliss-reactive ketones (excluding diaryl/α,β-unsaturated/α-hetero) is 2. The molecule has 4 N–H and O–H groups in total. The molecule has 0 aliphatic carbocycles. The van der Waals surface area contributed by atoms with E-state index in [1.165, 1.54) is 12.1 Å². The largest absolute Gasteiger partial charge is 0.480 e. The first-order valence-corrected chi connectivity index (χ1v) is 5.75. The molecule has 0 fully saturated rings. The molecule has 0 spiro atoms. The third-order valence-corrected chi connectivity index (χ3v) is 2.57. The average molecular weight is 278 g/mol. The van der Waals surface area contributed by atoms with Gasteiger partial charge in [0.05, 0.1) is 0 Å². The van der Waals surface area contributed by atoms with Crippen LogP contribution in [0.5, 0.6) is 0 Å². The molecule has 1 aromatic carbocycles. The number of hydrogen-bond donors (Lipinski definition) is 3. The van der Waals surface area contributed by atoms with E-state index >= 15 is 0 Å². The minimum Gasteiger partial charge on any atom is -0.480 e. The molecule has 0 aliphatic rings. The van der Waals surface area contributed by atoms with Crippen LogP contribution < -0.4 is 11.1 Å². The van der Waals surface area contributed by atoms with Crippen molar-refractivity contribution in [3.63, 3.8) is 0 Å². The van der Waals surface area contributed by atoms with Gasteiger partial charge in [0.15, 0.2) is 5.78 Å². The molecule has 0 unspecified atom stereocenters. The fourth-order valence-corrected chi connectivity index (χ4v) is 1.51. The SMILES string of the molecule is CC(=O)C(=O)N[C@@H](CC(=O)c1ccccc1N)C(=O)O. The Labute approximate surface area is 114 Å². The Balaban J connectivity index is 2.84. The molecule has 106 valence electrons. The first kappa shape index (κ1) is 15.4. The molecule has 1 aromatic rings. The summed E-state index contributed by atoms with van der Waals surface area (Å²) in [6, 6.07) is 4.73. The predicted molar refractivity (Wildman–Crippen MR) is 70.0 cm³/mol. The minimum absolute atomic E-state index is 0.177. The van der Waals surface area contributed by atoms with Crippen molar-refractivity contribution in [2.24, 2.45) is 0 Å². The molecular weight excluding hydrogens is 264 g/mol. The second-order valence-corrected chi connectivity index (χ2v) is 4.14. The average Bonchev–Trinajstić information content (AvgIpc) is 2.37. The number of benzene rings is 1. The number of nitrogens with one attached hydrogen (secondary N) is 1. The van der Waals surface area contributed by atoms with Gasteiger partial charge in [0.1, 0.15) is 6.04 Å². The molecule has 1 amide bonds. The van der Waals surface area contributed by atoms with E-state index in [1.54, 1.807) is 12.1 Å². The number of nitrogens with two attached hydrogens (primary N) is 1. The number of rotatable bonds is 6. The third-order valence-electron chi connectivity index (χ3n) is 2.57. The van der Waals surface area contributed by atoms with Crippen LogP contribution in [-0.2, 0) is 14.4 Å². The molecule has 20 heavy (non-hydrogen) atoms. The van der Waals surface area contributed by atoms with Crippen LogP contribution in [0.15, 0.2) is 24.3 Å². The number of nitrogen functional groups attached to an aromatic ring is 1. The zero-order valence-electron chi connectivity index (χ0n) is 10.8. The highest BCUT2D eigenvalue weighted by atomic mass is 16.4. The van der Waals surface area contributed by atoms with Gasteiger partial charge in [-0.05, 0) is 12.1 Å². The zero-order valence-corrected chi connectivity index (χ0v) is 10.8. The molecule has 0 heterocycles. The van der Waals surface area contributed by atoms with Crippen LogP contribution in [-0.4, -0.2) is 34.6 Å². The summed E-state index contributed by atoms with van der Waals surface area (Å²) in [6.45, 7) is 1.01. The smallest absolute Gasteiger partial charge is 0.326 e. The summed E-state index contributed by atoms with van der Waals surface area (Å²) in [5.74, 6) is -3.81. The number of amides is 1. The van der Waals surface area contributed by atoms with E-state index in [2.05, 4.69) is 0 Å². The van der Waals surface area contributed by atoms with Crippen molar-refractivity contribution >= 4 is 29.1 Å². The van der Waals surface area contributed by atoms with Crippen molar-refractivity contribution in [1.82, 2.24) is 5.32 Å². The number of carbonyl (C=O) groups is 4. The third kappa shape index (κ3) is 3.91. The van der Waals surface area contributed by atoms with Crippen molar-refractivity contribution in [2.75, 3.05) is 5.73 Å². The summed E-state index contributed by atoms with van der Waals surface area (Å²) in [7, 11) is 0. The monoisotopic (exact) mass is 278 g/mol. The Bertz CT molecular complexity index is 568. The highest BCUT2D eigenvalue weighted by molar-refractivity contribution is 6.35. The van der Waals surface area contributed by atoms with Gasteiger partial charge in [0.2, 0.25) is 5.78 Å². The number of hydrogen-bond acceptors (Lipinski definition) is 5. The van der Waals surface area contributed by atoms with Crippen molar-refractivity contribution in [1.29, 1.82) is 0 Å². The maximum absolute atomic E-state index is 12.0. The topological polar surface area (TPSA) is 127 Å². The van der Waals surface area contributed by atoms with Gasteiger partial charge in [-0.2, -0.15) is 0 Å². The normalized spacial score (nSPS) is 11.4. The summed E-state index contributed by atoms with van der Waals surface area (Å²) in [5, 5.41) is 10.9. The van der Waals surface area contributed by atoms with Crippen LogP contribution in [0.2, 0.25) is 0 Å². The lowest BCUT2D eigenvalue weighted by atomic mass is 10.0. The Morgan fingerprint density at radius 1 is 1.25 bits per heavy atom. The van der Waals surface area contributed by atoms with E-state index in [-0.39, 0.29) is 11.3 Å². The van der Waals surface area contributed by atoms with E-state index in [4.69, 9.17) is 10.8 Å². The molecule has 1 rings (SSSR count). The van der Waals surface area contributed by atoms with E-state index in [0.29, 0.717) is 0 Å². The second kappa shape index (κ2) is 6.46. The molecule has 7 heteroatoms. The van der Waals surface area contributed by atoms with Gasteiger partial charge in [-0.15, -0.1) is 0 Å². The maximum atomic E-state index is 12.0. The number of anilines is 1. The predicted octanol–water partition coefficient (Wildman–Crippen LogP) is -0.000000000000000222. The summed E-state index contributed by atoms with van der Waals surface area (Å²) in [4.78, 5) is 44.9. The fraction of sp³-hybridized carbons (Fsp3) is 0.231. The van der Waals surface area contributed by atoms with Gasteiger partial charge in [-0.25, -0.2) is 4.79 Å². The molecule has 0 radical (unpaired) electrons. The van der Waals surface area contributed by atoms with Crippen molar-refractivity contribution in [2.45, 2.75) is 19.4 Å². The number of carboxylic acids is 1. The number of carboxylic acid groups (broad SMARTS) is 1. The van der Waals surface area contributed by atoms with Crippen LogP contribution in [0.4, 0.5) is 5.69 Å². The van der Waals surface area contributed by atoms with Gasteiger partial charge in [-0.3, -0.25) is 14.4 Å². The van der Waals surface area contributed by atoms with Gasteiger partial charge >= 0.3 is 5.97 Å². The first-order chi connectivity index (χ1) is 9.32. The fourth-order valence-electron chi connectivity index (χ4n) is 1.51. The Hall–Kier alpha value is -2.70. The van der Waals surface area contributed by atoms with Gasteiger partial charge in [0.25, 0.3) is 5.91 Å². The van der Waals surface area contributed by atoms with E-state index in [1.807, 2.05) is 5.32 Å². The lowest BCUT2D eigenvalue weighted by molar-refractivity contribution is -0.143. The van der Waals surface area contributed by atoms with Gasteiger partial charge in [0, 0.05) is 24.6 Å². The van der Waals surface area contributed by atoms with E-state index in [0.717, 1.165) is 6.92 Å². The van der Waals surface area contributed by atoms with E-state index < -0.39 is 35.9 Å². The molecule has 1 atom stereocenters. The van der Waals surface area contributed by atoms with E-state index in [9.17, 15) is 19.2 Å². The number of para-hydroxylation sites is 1.